The zero-order valence-electron chi connectivity index (χ0n) is 12.6. The number of aryl methyl sites for hydroxylation is 2. The first kappa shape index (κ1) is 14.3. The van der Waals surface area contributed by atoms with Gasteiger partial charge in [0.15, 0.2) is 0 Å². The number of aromatic nitrogens is 2. The molecule has 7 nitrogen and oxygen atoms in total. The van der Waals surface area contributed by atoms with Crippen LogP contribution < -0.4 is 10.6 Å². The fraction of sp³-hybridized carbons (Fsp3) is 0.786. The van der Waals surface area contributed by atoms with Crippen LogP contribution in [0.25, 0.3) is 0 Å². The first-order chi connectivity index (χ1) is 10.1. The van der Waals surface area contributed by atoms with Crippen molar-refractivity contribution in [2.24, 2.45) is 0 Å². The van der Waals surface area contributed by atoms with Crippen molar-refractivity contribution in [1.82, 2.24) is 15.1 Å². The van der Waals surface area contributed by atoms with Crippen LogP contribution in [0.4, 0.5) is 11.5 Å². The van der Waals surface area contributed by atoms with Crippen molar-refractivity contribution in [1.29, 1.82) is 0 Å². The number of piperidine rings is 1. The van der Waals surface area contributed by atoms with Crippen LogP contribution in [0.5, 0.6) is 0 Å². The van der Waals surface area contributed by atoms with Gasteiger partial charge in [0, 0.05) is 24.7 Å². The maximum absolute atomic E-state index is 11.3. The molecule has 2 atom stereocenters. The predicted octanol–water partition coefficient (Wildman–Crippen LogP) is 2.20. The summed E-state index contributed by atoms with van der Waals surface area (Å²) in [6, 6.07) is 1.42. The maximum Gasteiger partial charge on any atom is 0.333 e. The van der Waals surface area contributed by atoms with Gasteiger partial charge in [-0.15, -0.1) is 0 Å². The minimum atomic E-state index is -0.313. The largest absolute Gasteiger partial charge is 0.362 e. The summed E-state index contributed by atoms with van der Waals surface area (Å²) >= 11 is 0. The summed E-state index contributed by atoms with van der Waals surface area (Å²) in [4.78, 5) is 11.0. The van der Waals surface area contributed by atoms with E-state index in [9.17, 15) is 10.1 Å². The molecule has 0 radical (unpaired) electrons. The van der Waals surface area contributed by atoms with E-state index in [4.69, 9.17) is 0 Å². The normalized spacial score (nSPS) is 27.8. The molecule has 0 amide bonds. The van der Waals surface area contributed by atoms with Crippen molar-refractivity contribution >= 4 is 11.5 Å². The molecule has 2 bridgehead atoms. The molecule has 21 heavy (non-hydrogen) atoms. The van der Waals surface area contributed by atoms with Crippen molar-refractivity contribution in [2.75, 3.05) is 5.32 Å². The van der Waals surface area contributed by atoms with Crippen LogP contribution >= 0.6 is 0 Å². The standard InChI is InChI=1S/C14H23N5O2/c1-3-6-18-14(13(19(20)21)9(2)17-18)16-12-7-10-4-5-11(8-12)15-10/h10-12,15-16H,3-8H2,1-2H3. The summed E-state index contributed by atoms with van der Waals surface area (Å²) in [5.41, 5.74) is 0.627. The summed E-state index contributed by atoms with van der Waals surface area (Å²) in [5.74, 6) is 0.589. The molecule has 0 spiro atoms. The van der Waals surface area contributed by atoms with Crippen molar-refractivity contribution in [3.05, 3.63) is 15.8 Å². The lowest BCUT2D eigenvalue weighted by molar-refractivity contribution is -0.384. The molecule has 3 heterocycles. The average molecular weight is 293 g/mol. The van der Waals surface area contributed by atoms with Gasteiger partial charge in [-0.1, -0.05) is 6.92 Å². The SMILES string of the molecule is CCCn1nc(C)c([N+](=O)[O-])c1NC1CC2CCC(C1)N2. The molecule has 116 valence electrons. The van der Waals surface area contributed by atoms with Gasteiger partial charge < -0.3 is 10.6 Å². The third-order valence-corrected chi connectivity index (χ3v) is 4.53. The van der Waals surface area contributed by atoms with Crippen LogP contribution in [-0.2, 0) is 6.54 Å². The number of hydrogen-bond donors (Lipinski definition) is 2. The molecular formula is C14H23N5O2. The van der Waals surface area contributed by atoms with Crippen LogP contribution in [0.15, 0.2) is 0 Å². The van der Waals surface area contributed by atoms with Gasteiger partial charge in [-0.3, -0.25) is 10.1 Å². The lowest BCUT2D eigenvalue weighted by atomic mass is 10.00. The van der Waals surface area contributed by atoms with E-state index in [2.05, 4.69) is 22.7 Å². The molecule has 3 rings (SSSR count). The van der Waals surface area contributed by atoms with E-state index in [0.717, 1.165) is 19.3 Å². The Kier molecular flexibility index (Phi) is 3.84. The summed E-state index contributed by atoms with van der Waals surface area (Å²) in [6.07, 6.45) is 5.41. The maximum atomic E-state index is 11.3. The van der Waals surface area contributed by atoms with Gasteiger partial charge in [0.25, 0.3) is 0 Å². The molecule has 2 unspecified atom stereocenters. The predicted molar refractivity (Wildman–Crippen MR) is 80.5 cm³/mol. The Balaban J connectivity index is 1.84. The summed E-state index contributed by atoms with van der Waals surface area (Å²) < 4.78 is 1.76. The minimum Gasteiger partial charge on any atom is -0.362 e. The van der Waals surface area contributed by atoms with Crippen molar-refractivity contribution in [3.63, 3.8) is 0 Å². The highest BCUT2D eigenvalue weighted by molar-refractivity contribution is 5.60. The molecule has 2 aliphatic rings. The van der Waals surface area contributed by atoms with E-state index < -0.39 is 0 Å². The molecule has 2 N–H and O–H groups in total. The smallest absolute Gasteiger partial charge is 0.333 e. The van der Waals surface area contributed by atoms with Crippen LogP contribution in [0.1, 0.15) is 44.7 Å². The van der Waals surface area contributed by atoms with E-state index >= 15 is 0 Å². The van der Waals surface area contributed by atoms with Crippen molar-refractivity contribution in [3.8, 4) is 0 Å². The lowest BCUT2D eigenvalue weighted by Crippen LogP contribution is -2.43. The van der Waals surface area contributed by atoms with Gasteiger partial charge >= 0.3 is 5.69 Å². The summed E-state index contributed by atoms with van der Waals surface area (Å²) in [5, 5.41) is 22.7. The number of rotatable bonds is 5. The second kappa shape index (κ2) is 5.63. The number of anilines is 1. The van der Waals surface area contributed by atoms with E-state index in [1.54, 1.807) is 11.6 Å². The highest BCUT2D eigenvalue weighted by Gasteiger charge is 2.35. The first-order valence-corrected chi connectivity index (χ1v) is 7.82. The fourth-order valence-electron chi connectivity index (χ4n) is 3.68. The molecule has 2 aliphatic heterocycles. The molecule has 0 aliphatic carbocycles. The van der Waals surface area contributed by atoms with E-state index in [1.165, 1.54) is 12.8 Å². The summed E-state index contributed by atoms with van der Waals surface area (Å²) in [7, 11) is 0. The highest BCUT2D eigenvalue weighted by atomic mass is 16.6. The number of nitrogens with one attached hydrogen (secondary N) is 2. The van der Waals surface area contributed by atoms with Crippen LogP contribution in [-0.4, -0.2) is 32.8 Å². The topological polar surface area (TPSA) is 85.0 Å². The Morgan fingerprint density at radius 2 is 2.10 bits per heavy atom. The van der Waals surface area contributed by atoms with Gasteiger partial charge in [-0.05, 0) is 39.0 Å². The van der Waals surface area contributed by atoms with E-state index in [1.807, 2.05) is 0 Å². The third-order valence-electron chi connectivity index (χ3n) is 4.53. The molecule has 7 heteroatoms. The van der Waals surface area contributed by atoms with Crippen LogP contribution in [0, 0.1) is 17.0 Å². The molecule has 0 aromatic carbocycles. The van der Waals surface area contributed by atoms with Gasteiger partial charge in [0.2, 0.25) is 5.82 Å². The average Bonchev–Trinajstić information content (AvgIpc) is 2.91. The van der Waals surface area contributed by atoms with Crippen LogP contribution in [0.3, 0.4) is 0 Å². The van der Waals surface area contributed by atoms with Crippen LogP contribution in [0.2, 0.25) is 0 Å². The zero-order valence-corrected chi connectivity index (χ0v) is 12.6. The fourth-order valence-corrected chi connectivity index (χ4v) is 3.68. The monoisotopic (exact) mass is 293 g/mol. The number of nitro groups is 1. The molecule has 1 aromatic rings. The zero-order chi connectivity index (χ0) is 15.0. The molecule has 0 saturated carbocycles. The second-order valence-corrected chi connectivity index (χ2v) is 6.21. The molecular weight excluding hydrogens is 270 g/mol. The Morgan fingerprint density at radius 1 is 1.43 bits per heavy atom. The number of nitrogens with zero attached hydrogens (tertiary/aromatic N) is 3. The molecule has 2 fully saturated rings. The number of fused-ring (bicyclic) bond motifs is 2. The van der Waals surface area contributed by atoms with Gasteiger partial charge in [0.1, 0.15) is 5.69 Å². The van der Waals surface area contributed by atoms with Crippen molar-refractivity contribution in [2.45, 2.75) is 70.6 Å². The quantitative estimate of drug-likeness (QED) is 0.642. The summed E-state index contributed by atoms with van der Waals surface area (Å²) in [6.45, 7) is 4.47. The Labute approximate surface area is 124 Å². The first-order valence-electron chi connectivity index (χ1n) is 7.82. The van der Waals surface area contributed by atoms with E-state index in [-0.39, 0.29) is 10.6 Å². The Morgan fingerprint density at radius 3 is 2.67 bits per heavy atom. The third kappa shape index (κ3) is 2.74. The minimum absolute atomic E-state index is 0.134. The van der Waals surface area contributed by atoms with E-state index in [0.29, 0.717) is 36.2 Å². The Bertz CT molecular complexity index is 530. The van der Waals surface area contributed by atoms with Gasteiger partial charge in [0.05, 0.1) is 4.92 Å². The van der Waals surface area contributed by atoms with Crippen molar-refractivity contribution < 1.29 is 4.92 Å². The molecule has 2 saturated heterocycles. The lowest BCUT2D eigenvalue weighted by Gasteiger charge is -2.30. The van der Waals surface area contributed by atoms with Gasteiger partial charge in [-0.25, -0.2) is 4.68 Å². The second-order valence-electron chi connectivity index (χ2n) is 6.21. The number of hydrogen-bond acceptors (Lipinski definition) is 5. The Hall–Kier alpha value is -1.63. The van der Waals surface area contributed by atoms with Gasteiger partial charge in [-0.2, -0.15) is 5.10 Å². The molecule has 1 aromatic heterocycles. The highest BCUT2D eigenvalue weighted by Crippen LogP contribution is 2.33.